The maximum atomic E-state index is 9.29. The lowest BCUT2D eigenvalue weighted by atomic mass is 9.72. The number of phenols is 1. The highest BCUT2D eigenvalue weighted by molar-refractivity contribution is 5.37. The number of benzene rings is 1. The summed E-state index contributed by atoms with van der Waals surface area (Å²) in [5.41, 5.74) is 6.81. The molecular formula is C27H36O2. The van der Waals surface area contributed by atoms with Gasteiger partial charge < -0.3 is 9.84 Å². The van der Waals surface area contributed by atoms with Gasteiger partial charge in [-0.1, -0.05) is 79.2 Å². The van der Waals surface area contributed by atoms with Crippen LogP contribution in [0.15, 0.2) is 83.0 Å². The van der Waals surface area contributed by atoms with Crippen LogP contribution in [-0.4, -0.2) is 11.7 Å². The average molecular weight is 393 g/mol. The van der Waals surface area contributed by atoms with Crippen molar-refractivity contribution in [1.29, 1.82) is 0 Å². The Labute approximate surface area is 177 Å². The average Bonchev–Trinajstić information content (AvgIpc) is 2.66. The molecule has 1 N–H and O–H groups in total. The summed E-state index contributed by atoms with van der Waals surface area (Å²) >= 11 is 0. The van der Waals surface area contributed by atoms with Crippen molar-refractivity contribution in [3.05, 3.63) is 88.6 Å². The van der Waals surface area contributed by atoms with Crippen molar-refractivity contribution in [2.45, 2.75) is 60.5 Å². The van der Waals surface area contributed by atoms with Crippen molar-refractivity contribution in [2.75, 3.05) is 6.61 Å². The maximum Gasteiger partial charge on any atom is 0.115 e. The molecule has 0 spiro atoms. The molecular weight excluding hydrogens is 356 g/mol. The number of ether oxygens (including phenoxy) is 1. The first-order valence-corrected chi connectivity index (χ1v) is 10.5. The fourth-order valence-corrected chi connectivity index (χ4v) is 3.66. The van der Waals surface area contributed by atoms with E-state index in [1.807, 2.05) is 12.1 Å². The van der Waals surface area contributed by atoms with Gasteiger partial charge in [-0.15, -0.1) is 0 Å². The van der Waals surface area contributed by atoms with Gasteiger partial charge in [0.05, 0.1) is 13.2 Å². The third-order valence-electron chi connectivity index (χ3n) is 5.50. The van der Waals surface area contributed by atoms with E-state index in [4.69, 9.17) is 4.74 Å². The van der Waals surface area contributed by atoms with E-state index in [0.717, 1.165) is 5.56 Å². The van der Waals surface area contributed by atoms with Crippen LogP contribution in [0.4, 0.5) is 0 Å². The van der Waals surface area contributed by atoms with Gasteiger partial charge >= 0.3 is 0 Å². The number of hydrogen-bond acceptors (Lipinski definition) is 2. The van der Waals surface area contributed by atoms with Gasteiger partial charge in [-0.3, -0.25) is 0 Å². The maximum absolute atomic E-state index is 9.29. The zero-order valence-corrected chi connectivity index (χ0v) is 18.7. The molecule has 29 heavy (non-hydrogen) atoms. The molecule has 1 aromatic carbocycles. The van der Waals surface area contributed by atoms with E-state index in [9.17, 15) is 5.11 Å². The fourth-order valence-electron chi connectivity index (χ4n) is 3.66. The highest BCUT2D eigenvalue weighted by Crippen LogP contribution is 2.40. The molecule has 1 aromatic rings. The van der Waals surface area contributed by atoms with Crippen LogP contribution in [0.25, 0.3) is 0 Å². The van der Waals surface area contributed by atoms with E-state index >= 15 is 0 Å². The smallest absolute Gasteiger partial charge is 0.115 e. The molecule has 0 heterocycles. The Morgan fingerprint density at radius 3 is 2.52 bits per heavy atom. The summed E-state index contributed by atoms with van der Waals surface area (Å²) in [6.45, 7) is 12.3. The van der Waals surface area contributed by atoms with Gasteiger partial charge in [0.25, 0.3) is 0 Å². The molecule has 2 heteroatoms. The highest BCUT2D eigenvalue weighted by Gasteiger charge is 2.26. The van der Waals surface area contributed by atoms with Gasteiger partial charge in [0.15, 0.2) is 0 Å². The Morgan fingerprint density at radius 2 is 1.83 bits per heavy atom. The van der Waals surface area contributed by atoms with Crippen molar-refractivity contribution in [3.8, 4) is 5.75 Å². The van der Waals surface area contributed by atoms with Crippen LogP contribution in [-0.2, 0) is 11.3 Å². The fraction of sp³-hybridized carbons (Fsp3) is 0.407. The predicted octanol–water partition coefficient (Wildman–Crippen LogP) is 7.44. The molecule has 0 atom stereocenters. The molecule has 0 bridgehead atoms. The molecule has 0 unspecified atom stereocenters. The second-order valence-electron chi connectivity index (χ2n) is 8.66. The Balaban J connectivity index is 1.82. The van der Waals surface area contributed by atoms with Crippen LogP contribution in [0.3, 0.4) is 0 Å². The lowest BCUT2D eigenvalue weighted by Gasteiger charge is -2.32. The Kier molecular flexibility index (Phi) is 8.72. The third kappa shape index (κ3) is 7.91. The zero-order chi connectivity index (χ0) is 21.3. The number of hydrogen-bond donors (Lipinski definition) is 1. The topological polar surface area (TPSA) is 29.5 Å². The molecule has 1 aliphatic rings. The number of rotatable bonds is 8. The minimum absolute atomic E-state index is 0.280. The minimum atomic E-state index is 0.280. The number of phenolic OH excluding ortho intramolecular Hbond substituents is 1. The first-order valence-electron chi connectivity index (χ1n) is 10.5. The number of allylic oxidation sites excluding steroid dienone is 9. The summed E-state index contributed by atoms with van der Waals surface area (Å²) in [5.74, 6) is 0.280. The van der Waals surface area contributed by atoms with E-state index in [-0.39, 0.29) is 11.2 Å². The molecule has 0 fully saturated rings. The molecule has 0 saturated heterocycles. The van der Waals surface area contributed by atoms with Crippen LogP contribution >= 0.6 is 0 Å². The van der Waals surface area contributed by atoms with Gasteiger partial charge in [0, 0.05) is 0 Å². The first kappa shape index (κ1) is 23.0. The van der Waals surface area contributed by atoms with Gasteiger partial charge in [0.1, 0.15) is 5.75 Å². The van der Waals surface area contributed by atoms with Crippen LogP contribution in [0.5, 0.6) is 5.75 Å². The van der Waals surface area contributed by atoms with Crippen molar-refractivity contribution in [2.24, 2.45) is 5.41 Å². The summed E-state index contributed by atoms with van der Waals surface area (Å²) in [6.07, 6.45) is 16.8. The van der Waals surface area contributed by atoms with Gasteiger partial charge in [0.2, 0.25) is 0 Å². The molecule has 2 nitrogen and oxygen atoms in total. The quantitative estimate of drug-likeness (QED) is 0.368. The summed E-state index contributed by atoms with van der Waals surface area (Å²) in [7, 11) is 0. The van der Waals surface area contributed by atoms with E-state index in [1.54, 1.807) is 12.1 Å². The van der Waals surface area contributed by atoms with Gasteiger partial charge in [-0.25, -0.2) is 0 Å². The van der Waals surface area contributed by atoms with Crippen molar-refractivity contribution < 1.29 is 9.84 Å². The summed E-state index contributed by atoms with van der Waals surface area (Å²) in [4.78, 5) is 0. The molecule has 0 saturated carbocycles. The molecule has 0 aromatic heterocycles. The second-order valence-corrected chi connectivity index (χ2v) is 8.66. The van der Waals surface area contributed by atoms with Crippen molar-refractivity contribution in [1.82, 2.24) is 0 Å². The van der Waals surface area contributed by atoms with Crippen LogP contribution in [0.1, 0.15) is 59.4 Å². The molecule has 1 aliphatic carbocycles. The first-order chi connectivity index (χ1) is 13.8. The molecule has 0 aliphatic heterocycles. The van der Waals surface area contributed by atoms with Crippen molar-refractivity contribution >= 4 is 0 Å². The van der Waals surface area contributed by atoms with E-state index in [1.165, 1.54) is 41.6 Å². The third-order valence-corrected chi connectivity index (χ3v) is 5.50. The Morgan fingerprint density at radius 1 is 1.10 bits per heavy atom. The van der Waals surface area contributed by atoms with Gasteiger partial charge in [-0.05, 0) is 68.7 Å². The van der Waals surface area contributed by atoms with Gasteiger partial charge in [-0.2, -0.15) is 0 Å². The molecule has 0 radical (unpaired) electrons. The van der Waals surface area contributed by atoms with E-state index in [2.05, 4.69) is 71.1 Å². The Bertz CT molecular complexity index is 815. The molecule has 0 amide bonds. The lowest BCUT2D eigenvalue weighted by molar-refractivity contribution is 0.148. The standard InChI is InChI=1S/C27H36O2/c1-21(11-16-26-23(3)10-7-18-27(26,4)5)8-6-9-22(2)17-19-29-20-24-12-14-25(28)15-13-24/h6,8-9,11-17,28H,7,10,18-20H2,1-5H3/b9-6+,16-11+,21-8+,22-17+. The van der Waals surface area contributed by atoms with E-state index < -0.39 is 0 Å². The summed E-state index contributed by atoms with van der Waals surface area (Å²) < 4.78 is 5.67. The Hall–Kier alpha value is -2.32. The van der Waals surface area contributed by atoms with E-state index in [0.29, 0.717) is 13.2 Å². The molecule has 2 rings (SSSR count). The summed E-state index contributed by atoms with van der Waals surface area (Å²) in [5, 5.41) is 9.29. The van der Waals surface area contributed by atoms with Crippen LogP contribution < -0.4 is 0 Å². The predicted molar refractivity (Wildman–Crippen MR) is 124 cm³/mol. The molecule has 156 valence electrons. The van der Waals surface area contributed by atoms with Crippen molar-refractivity contribution in [3.63, 3.8) is 0 Å². The second kappa shape index (κ2) is 11.0. The normalized spacial score (nSPS) is 18.2. The SMILES string of the molecule is CC1=C(/C=C/C(C)=C/C=C/C(C)=C/COCc2ccc(O)cc2)C(C)(C)CCC1. The largest absolute Gasteiger partial charge is 0.508 e. The van der Waals surface area contributed by atoms with Crippen LogP contribution in [0.2, 0.25) is 0 Å². The minimum Gasteiger partial charge on any atom is -0.508 e. The lowest BCUT2D eigenvalue weighted by Crippen LogP contribution is -2.19. The zero-order valence-electron chi connectivity index (χ0n) is 18.7. The van der Waals surface area contributed by atoms with Crippen LogP contribution in [0, 0.1) is 5.41 Å². The number of aromatic hydroxyl groups is 1. The monoisotopic (exact) mass is 392 g/mol. The highest BCUT2D eigenvalue weighted by atomic mass is 16.5. The summed E-state index contributed by atoms with van der Waals surface area (Å²) in [6, 6.07) is 7.11.